The minimum absolute atomic E-state index is 0.0148. The summed E-state index contributed by atoms with van der Waals surface area (Å²) in [4.78, 5) is 12.4. The molecule has 3 rings (SSSR count). The van der Waals surface area contributed by atoms with Crippen LogP contribution in [0.15, 0.2) is 51.8 Å². The predicted octanol–water partition coefficient (Wildman–Crippen LogP) is 4.14. The zero-order chi connectivity index (χ0) is 18.0. The van der Waals surface area contributed by atoms with E-state index in [-0.39, 0.29) is 15.8 Å². The van der Waals surface area contributed by atoms with Crippen LogP contribution in [0.2, 0.25) is 5.02 Å². The van der Waals surface area contributed by atoms with Crippen molar-refractivity contribution in [3.8, 4) is 0 Å². The van der Waals surface area contributed by atoms with Crippen molar-refractivity contribution >= 4 is 49.1 Å². The predicted molar refractivity (Wildman–Crippen MR) is 102 cm³/mol. The van der Waals surface area contributed by atoms with E-state index >= 15 is 0 Å². The lowest BCUT2D eigenvalue weighted by atomic mass is 10.2. The molecular weight excluding hydrogens is 428 g/mol. The number of carbonyl (C=O) groups is 1. The molecule has 1 aliphatic rings. The third kappa shape index (κ3) is 3.89. The topological polar surface area (TPSA) is 66.5 Å². The average molecular weight is 444 g/mol. The smallest absolute Gasteiger partial charge is 0.256 e. The molecule has 0 spiro atoms. The molecule has 1 amide bonds. The van der Waals surface area contributed by atoms with Crippen LogP contribution in [0.1, 0.15) is 23.2 Å². The number of nitrogens with zero attached hydrogens (tertiary/aromatic N) is 1. The van der Waals surface area contributed by atoms with Gasteiger partial charge >= 0.3 is 0 Å². The van der Waals surface area contributed by atoms with Gasteiger partial charge in [-0.15, -0.1) is 0 Å². The minimum Gasteiger partial charge on any atom is -0.322 e. The first kappa shape index (κ1) is 18.4. The van der Waals surface area contributed by atoms with Crippen molar-refractivity contribution in [2.75, 3.05) is 18.4 Å². The molecule has 0 unspecified atom stereocenters. The molecule has 2 aromatic carbocycles. The highest BCUT2D eigenvalue weighted by atomic mass is 79.9. The quantitative estimate of drug-likeness (QED) is 0.772. The Kier molecular flexibility index (Phi) is 5.48. The van der Waals surface area contributed by atoms with Gasteiger partial charge in [0.2, 0.25) is 10.0 Å². The number of nitrogens with one attached hydrogen (secondary N) is 1. The molecule has 5 nitrogen and oxygen atoms in total. The number of sulfonamides is 1. The van der Waals surface area contributed by atoms with E-state index in [0.29, 0.717) is 28.8 Å². The molecule has 132 valence electrons. The third-order valence-corrected chi connectivity index (χ3v) is 7.06. The molecule has 0 radical (unpaired) electrons. The molecule has 2 aromatic rings. The van der Waals surface area contributed by atoms with Crippen LogP contribution in [0.3, 0.4) is 0 Å². The molecule has 1 fully saturated rings. The van der Waals surface area contributed by atoms with Crippen LogP contribution in [0, 0.1) is 0 Å². The highest BCUT2D eigenvalue weighted by Gasteiger charge is 2.29. The summed E-state index contributed by atoms with van der Waals surface area (Å²) in [5, 5.41) is 2.86. The minimum atomic E-state index is -3.66. The summed E-state index contributed by atoms with van der Waals surface area (Å²) in [6, 6.07) is 11.5. The summed E-state index contributed by atoms with van der Waals surface area (Å²) in [5.74, 6) is -0.334. The summed E-state index contributed by atoms with van der Waals surface area (Å²) >= 11 is 9.44. The Morgan fingerprint density at radius 2 is 1.80 bits per heavy atom. The number of rotatable bonds is 4. The van der Waals surface area contributed by atoms with Crippen molar-refractivity contribution in [3.05, 3.63) is 57.5 Å². The number of anilines is 1. The van der Waals surface area contributed by atoms with Crippen LogP contribution >= 0.6 is 27.5 Å². The first-order valence-electron chi connectivity index (χ1n) is 7.75. The molecule has 1 saturated heterocycles. The van der Waals surface area contributed by atoms with Crippen LogP contribution in [-0.2, 0) is 10.0 Å². The Labute approximate surface area is 160 Å². The Hall–Kier alpha value is -1.41. The summed E-state index contributed by atoms with van der Waals surface area (Å²) in [6.45, 7) is 0.985. The van der Waals surface area contributed by atoms with Crippen LogP contribution in [-0.4, -0.2) is 31.7 Å². The summed E-state index contributed by atoms with van der Waals surface area (Å²) < 4.78 is 27.6. The molecule has 8 heteroatoms. The van der Waals surface area contributed by atoms with Gasteiger partial charge in [0.1, 0.15) is 4.90 Å². The van der Waals surface area contributed by atoms with Crippen molar-refractivity contribution in [1.82, 2.24) is 4.31 Å². The molecule has 1 aliphatic heterocycles. The molecule has 0 aromatic heterocycles. The first-order valence-corrected chi connectivity index (χ1v) is 10.4. The van der Waals surface area contributed by atoms with E-state index in [1.54, 1.807) is 24.3 Å². The monoisotopic (exact) mass is 442 g/mol. The van der Waals surface area contributed by atoms with Gasteiger partial charge in [-0.25, -0.2) is 8.42 Å². The van der Waals surface area contributed by atoms with Crippen molar-refractivity contribution in [2.45, 2.75) is 17.7 Å². The van der Waals surface area contributed by atoms with E-state index in [0.717, 1.165) is 12.8 Å². The number of halogens is 2. The molecule has 25 heavy (non-hydrogen) atoms. The van der Waals surface area contributed by atoms with Crippen molar-refractivity contribution in [2.24, 2.45) is 0 Å². The molecule has 0 bridgehead atoms. The molecule has 1 N–H and O–H groups in total. The Morgan fingerprint density at radius 1 is 1.12 bits per heavy atom. The summed E-state index contributed by atoms with van der Waals surface area (Å²) in [7, 11) is -3.66. The maximum absolute atomic E-state index is 12.7. The van der Waals surface area contributed by atoms with Crippen LogP contribution in [0.4, 0.5) is 5.69 Å². The third-order valence-electron chi connectivity index (χ3n) is 3.99. The van der Waals surface area contributed by atoms with E-state index in [1.807, 2.05) is 6.07 Å². The van der Waals surface area contributed by atoms with E-state index in [9.17, 15) is 13.2 Å². The van der Waals surface area contributed by atoms with Gasteiger partial charge in [-0.1, -0.05) is 23.7 Å². The van der Waals surface area contributed by atoms with E-state index in [1.165, 1.54) is 16.4 Å². The average Bonchev–Trinajstić information content (AvgIpc) is 3.12. The fraction of sp³-hybridized carbons (Fsp3) is 0.235. The second-order valence-corrected chi connectivity index (χ2v) is 8.86. The van der Waals surface area contributed by atoms with Gasteiger partial charge in [-0.05, 0) is 59.1 Å². The number of hydrogen-bond acceptors (Lipinski definition) is 3. The SMILES string of the molecule is O=C(Nc1ccc(Cl)c(S(=O)(=O)N2CCCC2)c1)c1ccccc1Br. The molecular formula is C17H16BrClN2O3S. The zero-order valence-corrected chi connectivity index (χ0v) is 16.4. The van der Waals surface area contributed by atoms with Gasteiger partial charge in [0.05, 0.1) is 10.6 Å². The largest absolute Gasteiger partial charge is 0.322 e. The van der Waals surface area contributed by atoms with E-state index in [4.69, 9.17) is 11.6 Å². The standard InChI is InChI=1S/C17H16BrClN2O3S/c18-14-6-2-1-5-13(14)17(22)20-12-7-8-15(19)16(11-12)25(23,24)21-9-3-4-10-21/h1-2,5-8,11H,3-4,9-10H2,(H,20,22). The van der Waals surface area contributed by atoms with Crippen LogP contribution < -0.4 is 5.32 Å². The highest BCUT2D eigenvalue weighted by molar-refractivity contribution is 9.10. The fourth-order valence-corrected chi connectivity index (χ4v) is 5.17. The van der Waals surface area contributed by atoms with Gasteiger partial charge < -0.3 is 5.32 Å². The molecule has 0 atom stereocenters. The number of amides is 1. The zero-order valence-electron chi connectivity index (χ0n) is 13.2. The maximum Gasteiger partial charge on any atom is 0.256 e. The Morgan fingerprint density at radius 3 is 2.48 bits per heavy atom. The van der Waals surface area contributed by atoms with Crippen LogP contribution in [0.5, 0.6) is 0 Å². The van der Waals surface area contributed by atoms with Crippen molar-refractivity contribution in [3.63, 3.8) is 0 Å². The fourth-order valence-electron chi connectivity index (χ4n) is 2.69. The second kappa shape index (κ2) is 7.45. The normalized spacial score (nSPS) is 15.3. The molecule has 0 saturated carbocycles. The lowest BCUT2D eigenvalue weighted by molar-refractivity contribution is 0.102. The Bertz CT molecular complexity index is 912. The van der Waals surface area contributed by atoms with Crippen LogP contribution in [0.25, 0.3) is 0 Å². The molecule has 0 aliphatic carbocycles. The lowest BCUT2D eigenvalue weighted by Gasteiger charge is -2.17. The van der Waals surface area contributed by atoms with E-state index < -0.39 is 10.0 Å². The lowest BCUT2D eigenvalue weighted by Crippen LogP contribution is -2.28. The van der Waals surface area contributed by atoms with Gasteiger partial charge in [0.25, 0.3) is 5.91 Å². The van der Waals surface area contributed by atoms with Crippen molar-refractivity contribution < 1.29 is 13.2 Å². The Balaban J connectivity index is 1.89. The number of benzene rings is 2. The first-order chi connectivity index (χ1) is 11.9. The highest BCUT2D eigenvalue weighted by Crippen LogP contribution is 2.30. The molecule has 1 heterocycles. The van der Waals surface area contributed by atoms with Crippen molar-refractivity contribution in [1.29, 1.82) is 0 Å². The van der Waals surface area contributed by atoms with Gasteiger partial charge in [0, 0.05) is 23.2 Å². The van der Waals surface area contributed by atoms with Gasteiger partial charge in [-0.3, -0.25) is 4.79 Å². The maximum atomic E-state index is 12.7. The van der Waals surface area contributed by atoms with Gasteiger partial charge in [0.15, 0.2) is 0 Å². The van der Waals surface area contributed by atoms with E-state index in [2.05, 4.69) is 21.2 Å². The van der Waals surface area contributed by atoms with Gasteiger partial charge in [-0.2, -0.15) is 4.31 Å². The second-order valence-electron chi connectivity index (χ2n) is 5.69. The summed E-state index contributed by atoms with van der Waals surface area (Å²) in [5.41, 5.74) is 0.837. The number of hydrogen-bond donors (Lipinski definition) is 1. The summed E-state index contributed by atoms with van der Waals surface area (Å²) in [6.07, 6.45) is 1.69. The number of carbonyl (C=O) groups excluding carboxylic acids is 1.